The zero-order valence-corrected chi connectivity index (χ0v) is 13.5. The molecular formula is C15H25F3N2O2. The van der Waals surface area contributed by atoms with E-state index in [1.165, 1.54) is 6.07 Å². The molecule has 0 saturated carbocycles. The van der Waals surface area contributed by atoms with Gasteiger partial charge in [-0.05, 0) is 45.3 Å². The number of hydrogen-bond donors (Lipinski definition) is 1. The molecule has 22 heavy (non-hydrogen) atoms. The predicted octanol–water partition coefficient (Wildman–Crippen LogP) is 2.92. The minimum Gasteiger partial charge on any atom is -0.324 e. The Labute approximate surface area is 130 Å². The van der Waals surface area contributed by atoms with Crippen LogP contribution in [0.5, 0.6) is 0 Å². The summed E-state index contributed by atoms with van der Waals surface area (Å²) in [5.74, 6) is 0. The topological polar surface area (TPSA) is 63.4 Å². The second-order valence-electron chi connectivity index (χ2n) is 4.48. The van der Waals surface area contributed by atoms with Crippen molar-refractivity contribution in [2.45, 2.75) is 25.6 Å². The summed E-state index contributed by atoms with van der Waals surface area (Å²) in [7, 11) is 6.00. The summed E-state index contributed by atoms with van der Waals surface area (Å²) >= 11 is 0. The number of nitrogens with zero attached hydrogens (tertiary/aromatic N) is 1. The van der Waals surface area contributed by atoms with E-state index in [9.17, 15) is 13.2 Å². The zero-order valence-electron chi connectivity index (χ0n) is 13.5. The zero-order chi connectivity index (χ0) is 18.3. The van der Waals surface area contributed by atoms with Crippen molar-refractivity contribution in [3.63, 3.8) is 0 Å². The first-order valence-corrected chi connectivity index (χ1v) is 6.29. The lowest BCUT2D eigenvalue weighted by Gasteiger charge is -2.12. The molecule has 7 heteroatoms. The second-order valence-corrected chi connectivity index (χ2v) is 4.48. The van der Waals surface area contributed by atoms with E-state index in [1.807, 2.05) is 46.5 Å². The summed E-state index contributed by atoms with van der Waals surface area (Å²) in [6.07, 6.45) is -3.66. The van der Waals surface area contributed by atoms with E-state index in [4.69, 9.17) is 15.3 Å². The molecule has 1 aromatic carbocycles. The van der Waals surface area contributed by atoms with Crippen molar-refractivity contribution in [2.75, 3.05) is 21.1 Å². The first-order valence-electron chi connectivity index (χ1n) is 6.29. The fraction of sp³-hybridized carbons (Fsp3) is 0.467. The summed E-state index contributed by atoms with van der Waals surface area (Å²) in [6, 6.07) is 4.83. The van der Waals surface area contributed by atoms with Crippen LogP contribution in [-0.2, 0) is 15.8 Å². The highest BCUT2D eigenvalue weighted by atomic mass is 19.4. The number of carbonyl (C=O) groups excluding carboxylic acids is 2. The molecule has 2 N–H and O–H groups in total. The van der Waals surface area contributed by atoms with Gasteiger partial charge in [0.1, 0.15) is 13.6 Å². The molecule has 0 aliphatic carbocycles. The lowest BCUT2D eigenvalue weighted by atomic mass is 10.0. The number of halogens is 3. The Balaban J connectivity index is -0.000000383. The first kappa shape index (κ1) is 25.2. The van der Waals surface area contributed by atoms with Gasteiger partial charge in [-0.25, -0.2) is 0 Å². The first-order chi connectivity index (χ1) is 10.2. The van der Waals surface area contributed by atoms with E-state index in [-0.39, 0.29) is 6.04 Å². The minimum atomic E-state index is -4.29. The van der Waals surface area contributed by atoms with E-state index >= 15 is 0 Å². The monoisotopic (exact) mass is 322 g/mol. The Hall–Kier alpha value is -1.73. The van der Waals surface area contributed by atoms with Crippen LogP contribution in [0.15, 0.2) is 24.3 Å². The average Bonchev–Trinajstić information content (AvgIpc) is 2.49. The molecule has 0 spiro atoms. The van der Waals surface area contributed by atoms with Gasteiger partial charge in [-0.1, -0.05) is 19.1 Å². The van der Waals surface area contributed by atoms with Gasteiger partial charge < -0.3 is 20.2 Å². The molecule has 0 aromatic heterocycles. The number of carbonyl (C=O) groups is 2. The van der Waals surface area contributed by atoms with Crippen LogP contribution in [0.4, 0.5) is 13.2 Å². The number of benzene rings is 1. The third-order valence-corrected chi connectivity index (χ3v) is 2.08. The molecule has 0 bridgehead atoms. The maximum absolute atomic E-state index is 12.3. The van der Waals surface area contributed by atoms with E-state index in [0.29, 0.717) is 12.0 Å². The molecule has 128 valence electrons. The Bertz CT molecular complexity index is 381. The van der Waals surface area contributed by atoms with Gasteiger partial charge in [0.05, 0.1) is 5.56 Å². The van der Waals surface area contributed by atoms with Crippen LogP contribution < -0.4 is 5.73 Å². The highest BCUT2D eigenvalue weighted by molar-refractivity contribution is 5.27. The smallest absolute Gasteiger partial charge is 0.324 e. The number of nitrogens with two attached hydrogens (primary N) is 1. The molecule has 4 nitrogen and oxygen atoms in total. The fourth-order valence-electron chi connectivity index (χ4n) is 1.18. The second kappa shape index (κ2) is 14.2. The van der Waals surface area contributed by atoms with Crippen LogP contribution in [0.2, 0.25) is 0 Å². The van der Waals surface area contributed by atoms with Gasteiger partial charge in [0.25, 0.3) is 0 Å². The lowest BCUT2D eigenvalue weighted by Crippen LogP contribution is -2.11. The van der Waals surface area contributed by atoms with E-state index < -0.39 is 11.7 Å². The van der Waals surface area contributed by atoms with Crippen LogP contribution in [0.3, 0.4) is 0 Å². The summed E-state index contributed by atoms with van der Waals surface area (Å²) in [5.41, 5.74) is 5.53. The highest BCUT2D eigenvalue weighted by Crippen LogP contribution is 2.30. The van der Waals surface area contributed by atoms with Gasteiger partial charge >= 0.3 is 6.18 Å². The van der Waals surface area contributed by atoms with Crippen molar-refractivity contribution in [1.82, 2.24) is 4.90 Å². The van der Waals surface area contributed by atoms with Crippen molar-refractivity contribution >= 4 is 13.6 Å². The molecule has 0 amide bonds. The van der Waals surface area contributed by atoms with E-state index in [1.54, 1.807) is 6.07 Å². The van der Waals surface area contributed by atoms with Crippen LogP contribution in [-0.4, -0.2) is 39.6 Å². The molecule has 1 rings (SSSR count). The summed E-state index contributed by atoms with van der Waals surface area (Å²) in [4.78, 5) is 18.0. The van der Waals surface area contributed by atoms with Gasteiger partial charge in [-0.2, -0.15) is 13.2 Å². The minimum absolute atomic E-state index is 0.322. The quantitative estimate of drug-likeness (QED) is 0.909. The Kier molecular flexibility index (Phi) is 16.3. The molecule has 0 heterocycles. The molecule has 0 fully saturated rings. The normalized spacial score (nSPS) is 11.0. The van der Waals surface area contributed by atoms with Crippen molar-refractivity contribution < 1.29 is 22.8 Å². The van der Waals surface area contributed by atoms with Crippen molar-refractivity contribution in [1.29, 1.82) is 0 Å². The molecular weight excluding hydrogens is 297 g/mol. The SMILES string of the molecule is C=O.C=O.CCC(N)c1cccc(C(F)(F)F)c1.CN(C)C. The van der Waals surface area contributed by atoms with Gasteiger partial charge in [0, 0.05) is 6.04 Å². The number of rotatable bonds is 2. The molecule has 1 unspecified atom stereocenters. The Morgan fingerprint density at radius 3 is 1.86 bits per heavy atom. The highest BCUT2D eigenvalue weighted by Gasteiger charge is 2.30. The molecule has 1 aromatic rings. The lowest BCUT2D eigenvalue weighted by molar-refractivity contribution is -0.137. The van der Waals surface area contributed by atoms with Gasteiger partial charge in [0.15, 0.2) is 0 Å². The summed E-state index contributed by atoms with van der Waals surface area (Å²) < 4.78 is 36.9. The molecule has 0 radical (unpaired) electrons. The standard InChI is InChI=1S/C10H12F3N.C3H9N.2CH2O/c1-2-9(14)7-4-3-5-8(6-7)10(11,12)13;1-4(2)3;2*1-2/h3-6,9H,2,14H2,1H3;1-3H3;2*1H2. The molecule has 0 aliphatic rings. The molecule has 0 saturated heterocycles. The number of alkyl halides is 3. The molecule has 1 atom stereocenters. The van der Waals surface area contributed by atoms with Crippen LogP contribution >= 0.6 is 0 Å². The fourth-order valence-corrected chi connectivity index (χ4v) is 1.18. The van der Waals surface area contributed by atoms with E-state index in [2.05, 4.69) is 0 Å². The third-order valence-electron chi connectivity index (χ3n) is 2.08. The van der Waals surface area contributed by atoms with Gasteiger partial charge in [-0.3, -0.25) is 0 Å². The Morgan fingerprint density at radius 1 is 1.14 bits per heavy atom. The van der Waals surface area contributed by atoms with Crippen molar-refractivity contribution in [3.8, 4) is 0 Å². The number of hydrogen-bond acceptors (Lipinski definition) is 4. The van der Waals surface area contributed by atoms with Crippen molar-refractivity contribution in [3.05, 3.63) is 35.4 Å². The van der Waals surface area contributed by atoms with Crippen LogP contribution in [0.25, 0.3) is 0 Å². The van der Waals surface area contributed by atoms with Gasteiger partial charge in [0.2, 0.25) is 0 Å². The third kappa shape index (κ3) is 13.3. The maximum atomic E-state index is 12.3. The maximum Gasteiger partial charge on any atom is 0.416 e. The van der Waals surface area contributed by atoms with Crippen molar-refractivity contribution in [2.24, 2.45) is 5.73 Å². The Morgan fingerprint density at radius 2 is 1.55 bits per heavy atom. The average molecular weight is 322 g/mol. The van der Waals surface area contributed by atoms with Crippen LogP contribution in [0, 0.1) is 0 Å². The summed E-state index contributed by atoms with van der Waals surface area (Å²) in [6.45, 7) is 5.84. The molecule has 0 aliphatic heterocycles. The van der Waals surface area contributed by atoms with Gasteiger partial charge in [-0.15, -0.1) is 0 Å². The van der Waals surface area contributed by atoms with E-state index in [0.717, 1.165) is 12.1 Å². The summed E-state index contributed by atoms with van der Waals surface area (Å²) in [5, 5.41) is 0. The largest absolute Gasteiger partial charge is 0.416 e. The predicted molar refractivity (Wildman–Crippen MR) is 82.5 cm³/mol. The van der Waals surface area contributed by atoms with Crippen LogP contribution in [0.1, 0.15) is 30.5 Å².